The number of carbonyl (C=O) groups excluding carboxylic acids is 3. The Morgan fingerprint density at radius 3 is 2.81 bits per heavy atom. The minimum Gasteiger partial charge on any atom is -0.329 e. The first kappa shape index (κ1) is 10.5. The number of piperidine rings is 1. The fourth-order valence-corrected chi connectivity index (χ4v) is 2.14. The molecule has 4 amide bonds. The lowest BCUT2D eigenvalue weighted by Crippen LogP contribution is -2.59. The van der Waals surface area contributed by atoms with Crippen LogP contribution in [0.25, 0.3) is 0 Å². The van der Waals surface area contributed by atoms with Gasteiger partial charge >= 0.3 is 6.03 Å². The van der Waals surface area contributed by atoms with E-state index in [2.05, 4.69) is 10.6 Å². The summed E-state index contributed by atoms with van der Waals surface area (Å²) in [6.45, 7) is 0.668. The number of rotatable bonds is 0. The molecule has 0 aromatic carbocycles. The quantitative estimate of drug-likeness (QED) is 0.399. The molecule has 0 radical (unpaired) electrons. The number of hydrogen-bond acceptors (Lipinski definition) is 3. The molecule has 2 aliphatic rings. The molecule has 16 heavy (non-hydrogen) atoms. The minimum atomic E-state index is -0.984. The zero-order valence-electron chi connectivity index (χ0n) is 8.58. The number of likely N-dealkylation sites (tertiary alicyclic amines) is 1. The van der Waals surface area contributed by atoms with Gasteiger partial charge in [0.2, 0.25) is 0 Å². The molecule has 2 heterocycles. The summed E-state index contributed by atoms with van der Waals surface area (Å²) in [4.78, 5) is 35.5. The van der Waals surface area contributed by atoms with E-state index in [0.717, 1.165) is 0 Å². The van der Waals surface area contributed by atoms with Crippen molar-refractivity contribution in [3.05, 3.63) is 0 Å². The molecule has 1 unspecified atom stereocenters. The van der Waals surface area contributed by atoms with E-state index in [0.29, 0.717) is 19.4 Å². The number of amides is 4. The van der Waals surface area contributed by atoms with Crippen LogP contribution in [0.2, 0.25) is 0 Å². The average molecular weight is 221 g/mol. The van der Waals surface area contributed by atoms with Crippen molar-refractivity contribution in [1.29, 1.82) is 0 Å². The molecule has 0 aromatic heterocycles. The van der Waals surface area contributed by atoms with Crippen LogP contribution in [0.3, 0.4) is 0 Å². The van der Waals surface area contributed by atoms with Crippen LogP contribution in [0.5, 0.6) is 0 Å². The van der Waals surface area contributed by atoms with Gasteiger partial charge in [0.05, 0.1) is 6.54 Å². The summed E-state index contributed by atoms with van der Waals surface area (Å²) in [7, 11) is 0. The molecule has 0 aliphatic carbocycles. The van der Waals surface area contributed by atoms with Gasteiger partial charge in [0.25, 0.3) is 11.8 Å². The fourth-order valence-electron chi connectivity index (χ4n) is 2.14. The molecule has 2 saturated heterocycles. The minimum absolute atomic E-state index is 0.146. The Balaban J connectivity index is 2.19. The molecule has 0 aromatic rings. The van der Waals surface area contributed by atoms with Gasteiger partial charge in [-0.25, -0.2) is 4.79 Å². The van der Waals surface area contributed by atoms with Gasteiger partial charge in [-0.1, -0.05) is 0 Å². The van der Waals surface area contributed by atoms with Gasteiger partial charge in [0.15, 0.2) is 0 Å². The van der Waals surface area contributed by atoms with Crippen molar-refractivity contribution in [3.8, 4) is 12.3 Å². The van der Waals surface area contributed by atoms with Crippen LogP contribution in [-0.2, 0) is 9.59 Å². The summed E-state index contributed by atoms with van der Waals surface area (Å²) < 4.78 is 0. The van der Waals surface area contributed by atoms with Crippen molar-refractivity contribution in [1.82, 2.24) is 15.5 Å². The van der Waals surface area contributed by atoms with Gasteiger partial charge < -0.3 is 10.2 Å². The molecule has 6 heteroatoms. The number of nitrogens with zero attached hydrogens (tertiary/aromatic N) is 1. The van der Waals surface area contributed by atoms with Gasteiger partial charge in [-0.3, -0.25) is 14.9 Å². The van der Waals surface area contributed by atoms with Crippen LogP contribution in [0.4, 0.5) is 4.79 Å². The standard InChI is InChI=1S/C10H11N3O3/c1-2-7(14)13-5-3-4-10(6-13)8(15)11-9(16)12-10/h1H,3-6H2,(H2,11,12,15,16). The molecule has 2 fully saturated rings. The summed E-state index contributed by atoms with van der Waals surface area (Å²) in [5.41, 5.74) is -0.984. The second kappa shape index (κ2) is 3.52. The molecule has 1 atom stereocenters. The maximum absolute atomic E-state index is 11.6. The maximum atomic E-state index is 11.6. The third-order valence-corrected chi connectivity index (χ3v) is 2.92. The molecule has 2 N–H and O–H groups in total. The van der Waals surface area contributed by atoms with Gasteiger partial charge in [0, 0.05) is 6.54 Å². The highest BCUT2D eigenvalue weighted by Crippen LogP contribution is 2.24. The third-order valence-electron chi connectivity index (χ3n) is 2.92. The second-order valence-electron chi connectivity index (χ2n) is 3.96. The molecular formula is C10H11N3O3. The lowest BCUT2D eigenvalue weighted by molar-refractivity contribution is -0.131. The summed E-state index contributed by atoms with van der Waals surface area (Å²) in [6.07, 6.45) is 6.19. The first-order chi connectivity index (χ1) is 7.57. The van der Waals surface area contributed by atoms with Gasteiger partial charge in [0.1, 0.15) is 5.54 Å². The highest BCUT2D eigenvalue weighted by Gasteiger charge is 2.49. The van der Waals surface area contributed by atoms with Crippen LogP contribution in [0.15, 0.2) is 0 Å². The Kier molecular flexibility index (Phi) is 2.31. The zero-order chi connectivity index (χ0) is 11.8. The predicted octanol–water partition coefficient (Wildman–Crippen LogP) is -1.18. The van der Waals surface area contributed by atoms with Crippen molar-refractivity contribution in [3.63, 3.8) is 0 Å². The van der Waals surface area contributed by atoms with E-state index in [-0.39, 0.29) is 12.5 Å². The van der Waals surface area contributed by atoms with Crippen LogP contribution < -0.4 is 10.6 Å². The Hall–Kier alpha value is -2.03. The van der Waals surface area contributed by atoms with Crippen molar-refractivity contribution in [2.45, 2.75) is 18.4 Å². The molecule has 6 nitrogen and oxygen atoms in total. The summed E-state index contributed by atoms with van der Waals surface area (Å²) in [5.74, 6) is 1.18. The monoisotopic (exact) mass is 221 g/mol. The summed E-state index contributed by atoms with van der Waals surface area (Å²) >= 11 is 0. The highest BCUT2D eigenvalue weighted by atomic mass is 16.2. The zero-order valence-corrected chi connectivity index (χ0v) is 8.58. The number of urea groups is 1. The third kappa shape index (κ3) is 1.50. The highest BCUT2D eigenvalue weighted by molar-refractivity contribution is 6.07. The molecule has 1 spiro atoms. The maximum Gasteiger partial charge on any atom is 0.322 e. The predicted molar refractivity (Wildman–Crippen MR) is 54.1 cm³/mol. The van der Waals surface area contributed by atoms with E-state index in [1.807, 2.05) is 5.92 Å². The van der Waals surface area contributed by atoms with Crippen LogP contribution in [0.1, 0.15) is 12.8 Å². The van der Waals surface area contributed by atoms with Crippen LogP contribution in [-0.4, -0.2) is 41.4 Å². The van der Waals surface area contributed by atoms with E-state index in [1.54, 1.807) is 0 Å². The molecule has 0 saturated carbocycles. The normalized spacial score (nSPS) is 28.6. The van der Waals surface area contributed by atoms with E-state index in [4.69, 9.17) is 6.42 Å². The second-order valence-corrected chi connectivity index (χ2v) is 3.96. The molecule has 2 rings (SSSR count). The first-order valence-electron chi connectivity index (χ1n) is 4.96. The fraction of sp³-hybridized carbons (Fsp3) is 0.500. The van der Waals surface area contributed by atoms with E-state index in [1.165, 1.54) is 4.90 Å². The summed E-state index contributed by atoms with van der Waals surface area (Å²) in [6, 6.07) is -0.514. The van der Waals surface area contributed by atoms with Crippen molar-refractivity contribution < 1.29 is 14.4 Å². The smallest absolute Gasteiger partial charge is 0.322 e. The van der Waals surface area contributed by atoms with Crippen LogP contribution in [0, 0.1) is 12.3 Å². The Labute approximate surface area is 92.4 Å². The number of carbonyl (C=O) groups is 3. The number of hydrogen-bond donors (Lipinski definition) is 2. The Morgan fingerprint density at radius 2 is 2.25 bits per heavy atom. The SMILES string of the molecule is C#CC(=O)N1CCCC2(C1)NC(=O)NC2=O. The van der Waals surface area contributed by atoms with Crippen molar-refractivity contribution >= 4 is 17.8 Å². The van der Waals surface area contributed by atoms with Crippen molar-refractivity contribution in [2.75, 3.05) is 13.1 Å². The molecule has 2 aliphatic heterocycles. The van der Waals surface area contributed by atoms with E-state index < -0.39 is 17.5 Å². The molecular weight excluding hydrogens is 210 g/mol. The van der Waals surface area contributed by atoms with Crippen molar-refractivity contribution in [2.24, 2.45) is 0 Å². The number of terminal acetylenes is 1. The Bertz CT molecular complexity index is 412. The van der Waals surface area contributed by atoms with Gasteiger partial charge in [-0.15, -0.1) is 6.42 Å². The van der Waals surface area contributed by atoms with Gasteiger partial charge in [-0.2, -0.15) is 0 Å². The van der Waals surface area contributed by atoms with Gasteiger partial charge in [-0.05, 0) is 18.8 Å². The topological polar surface area (TPSA) is 78.5 Å². The first-order valence-corrected chi connectivity index (χ1v) is 4.96. The lowest BCUT2D eigenvalue weighted by atomic mass is 9.89. The largest absolute Gasteiger partial charge is 0.329 e. The lowest BCUT2D eigenvalue weighted by Gasteiger charge is -2.36. The van der Waals surface area contributed by atoms with E-state index >= 15 is 0 Å². The average Bonchev–Trinajstić information content (AvgIpc) is 2.52. The summed E-state index contributed by atoms with van der Waals surface area (Å²) in [5, 5.41) is 4.74. The molecule has 0 bridgehead atoms. The number of imide groups is 1. The molecule has 84 valence electrons. The number of nitrogens with one attached hydrogen (secondary N) is 2. The Morgan fingerprint density at radius 1 is 1.50 bits per heavy atom. The van der Waals surface area contributed by atoms with E-state index in [9.17, 15) is 14.4 Å². The van der Waals surface area contributed by atoms with Crippen LogP contribution >= 0.6 is 0 Å².